The Morgan fingerprint density at radius 2 is 1.86 bits per heavy atom. The zero-order valence-corrected chi connectivity index (χ0v) is 21.2. The lowest BCUT2D eigenvalue weighted by Gasteiger charge is -2.22. The van der Waals surface area contributed by atoms with Crippen molar-refractivity contribution in [1.29, 1.82) is 0 Å². The highest BCUT2D eigenvalue weighted by atomic mass is 32.2. The summed E-state index contributed by atoms with van der Waals surface area (Å²) in [5, 5.41) is 1.15. The maximum atomic E-state index is 15.1. The van der Waals surface area contributed by atoms with Crippen molar-refractivity contribution in [1.82, 2.24) is 9.88 Å². The van der Waals surface area contributed by atoms with Gasteiger partial charge in [0, 0.05) is 46.6 Å². The molecule has 0 spiro atoms. The monoisotopic (exact) mass is 506 g/mol. The van der Waals surface area contributed by atoms with E-state index in [1.165, 1.54) is 17.7 Å². The van der Waals surface area contributed by atoms with Crippen LogP contribution in [0.5, 0.6) is 5.75 Å². The number of nitrogens with zero attached hydrogens (tertiary/aromatic N) is 1. The van der Waals surface area contributed by atoms with Crippen molar-refractivity contribution in [2.75, 3.05) is 19.4 Å². The molecule has 2 heterocycles. The Morgan fingerprint density at radius 3 is 2.61 bits per heavy atom. The van der Waals surface area contributed by atoms with Crippen molar-refractivity contribution in [2.24, 2.45) is 0 Å². The lowest BCUT2D eigenvalue weighted by molar-refractivity contribution is 0.0731. The molecule has 3 aromatic carbocycles. The Balaban J connectivity index is 1.49. The minimum Gasteiger partial charge on any atom is -0.491 e. The van der Waals surface area contributed by atoms with Crippen molar-refractivity contribution in [3.8, 4) is 16.9 Å². The molecule has 1 N–H and O–H groups in total. The molecule has 0 saturated heterocycles. The van der Waals surface area contributed by atoms with Crippen LogP contribution >= 0.6 is 0 Å². The van der Waals surface area contributed by atoms with Gasteiger partial charge in [0.15, 0.2) is 9.84 Å². The number of carbonyl (C=O) groups excluding carboxylic acids is 1. The summed E-state index contributed by atoms with van der Waals surface area (Å²) in [6.45, 7) is 4.70. The molecular formula is C28H27FN2O4S. The SMILES string of the molecule is CCc1c(C(=O)N2CCOc3ccc(-c4ccc5[nH]cc(C)c5c4)cc3C2)ccc(S(C)(=O)=O)c1F. The molecule has 186 valence electrons. The number of halogens is 1. The second-order valence-corrected chi connectivity index (χ2v) is 11.1. The van der Waals surface area contributed by atoms with Crippen LogP contribution in [0.15, 0.2) is 59.6 Å². The van der Waals surface area contributed by atoms with Gasteiger partial charge in [-0.15, -0.1) is 0 Å². The Kier molecular flexibility index (Phi) is 6.08. The lowest BCUT2D eigenvalue weighted by Crippen LogP contribution is -2.33. The first kappa shape index (κ1) is 24.1. The van der Waals surface area contributed by atoms with Gasteiger partial charge < -0.3 is 14.6 Å². The van der Waals surface area contributed by atoms with E-state index in [1.54, 1.807) is 11.8 Å². The summed E-state index contributed by atoms with van der Waals surface area (Å²) in [7, 11) is -3.75. The average molecular weight is 507 g/mol. The molecule has 0 aliphatic carbocycles. The molecule has 1 aliphatic rings. The van der Waals surface area contributed by atoms with Crippen molar-refractivity contribution < 1.29 is 22.3 Å². The van der Waals surface area contributed by atoms with E-state index in [-0.39, 0.29) is 28.4 Å². The van der Waals surface area contributed by atoms with Gasteiger partial charge in [-0.1, -0.05) is 19.1 Å². The van der Waals surface area contributed by atoms with Gasteiger partial charge in [-0.25, -0.2) is 12.8 Å². The predicted molar refractivity (Wildman–Crippen MR) is 138 cm³/mol. The largest absolute Gasteiger partial charge is 0.491 e. The van der Waals surface area contributed by atoms with Crippen molar-refractivity contribution in [2.45, 2.75) is 31.7 Å². The normalized spacial score (nSPS) is 13.8. The van der Waals surface area contributed by atoms with Gasteiger partial charge in [0.1, 0.15) is 23.1 Å². The van der Waals surface area contributed by atoms with Crippen LogP contribution in [0.1, 0.15) is 34.0 Å². The zero-order chi connectivity index (χ0) is 25.6. The molecule has 1 amide bonds. The number of aromatic nitrogens is 1. The molecule has 36 heavy (non-hydrogen) atoms. The number of sulfone groups is 1. The van der Waals surface area contributed by atoms with Crippen LogP contribution < -0.4 is 4.74 Å². The molecule has 6 nitrogen and oxygen atoms in total. The van der Waals surface area contributed by atoms with Gasteiger partial charge in [0.05, 0.1) is 6.54 Å². The molecule has 4 aromatic rings. The third-order valence-corrected chi connectivity index (χ3v) is 7.86. The summed E-state index contributed by atoms with van der Waals surface area (Å²) < 4.78 is 44.9. The highest BCUT2D eigenvalue weighted by Crippen LogP contribution is 2.32. The van der Waals surface area contributed by atoms with E-state index in [0.29, 0.717) is 25.4 Å². The molecule has 5 rings (SSSR count). The van der Waals surface area contributed by atoms with Gasteiger partial charge in [-0.3, -0.25) is 4.79 Å². The molecular weight excluding hydrogens is 479 g/mol. The number of amides is 1. The van der Waals surface area contributed by atoms with Crippen molar-refractivity contribution in [3.05, 3.63) is 82.8 Å². The summed E-state index contributed by atoms with van der Waals surface area (Å²) in [6.07, 6.45) is 3.14. The summed E-state index contributed by atoms with van der Waals surface area (Å²) in [5.74, 6) is -0.491. The van der Waals surface area contributed by atoms with E-state index < -0.39 is 15.7 Å². The lowest BCUT2D eigenvalue weighted by atomic mass is 9.99. The Hall–Kier alpha value is -3.65. The zero-order valence-electron chi connectivity index (χ0n) is 20.4. The molecule has 0 bridgehead atoms. The van der Waals surface area contributed by atoms with E-state index in [0.717, 1.165) is 33.8 Å². The molecule has 0 unspecified atom stereocenters. The van der Waals surface area contributed by atoms with Crippen molar-refractivity contribution >= 4 is 26.6 Å². The molecule has 0 radical (unpaired) electrons. The smallest absolute Gasteiger partial charge is 0.254 e. The maximum Gasteiger partial charge on any atom is 0.254 e. The minimum atomic E-state index is -3.75. The second-order valence-electron chi connectivity index (χ2n) is 9.16. The van der Waals surface area contributed by atoms with Gasteiger partial charge in [-0.2, -0.15) is 0 Å². The number of nitrogens with one attached hydrogen (secondary N) is 1. The van der Waals surface area contributed by atoms with E-state index in [9.17, 15) is 13.2 Å². The highest BCUT2D eigenvalue weighted by Gasteiger charge is 2.27. The van der Waals surface area contributed by atoms with Crippen LogP contribution in [0.25, 0.3) is 22.0 Å². The number of carbonyl (C=O) groups is 1. The van der Waals surface area contributed by atoms with Crippen LogP contribution in [-0.4, -0.2) is 43.6 Å². The van der Waals surface area contributed by atoms with Crippen LogP contribution in [-0.2, 0) is 22.8 Å². The number of ether oxygens (including phenoxy) is 1. The number of H-pyrrole nitrogens is 1. The fourth-order valence-corrected chi connectivity index (χ4v) is 5.55. The van der Waals surface area contributed by atoms with Crippen molar-refractivity contribution in [3.63, 3.8) is 0 Å². The number of aromatic amines is 1. The second kappa shape index (κ2) is 9.09. The van der Waals surface area contributed by atoms with Crippen LogP contribution in [0.3, 0.4) is 0 Å². The first-order valence-electron chi connectivity index (χ1n) is 11.8. The number of hydrogen-bond donors (Lipinski definition) is 1. The van der Waals surface area contributed by atoms with Gasteiger partial charge in [0.2, 0.25) is 0 Å². The highest BCUT2D eigenvalue weighted by molar-refractivity contribution is 7.90. The quantitative estimate of drug-likeness (QED) is 0.408. The third-order valence-electron chi connectivity index (χ3n) is 6.74. The molecule has 0 saturated carbocycles. The summed E-state index contributed by atoms with van der Waals surface area (Å²) in [5.41, 5.74) is 5.45. The molecule has 0 fully saturated rings. The number of fused-ring (bicyclic) bond motifs is 2. The Bertz CT molecular complexity index is 1610. The van der Waals surface area contributed by atoms with Gasteiger partial charge >= 0.3 is 0 Å². The first-order chi connectivity index (χ1) is 17.2. The van der Waals surface area contributed by atoms with Crippen LogP contribution in [0.2, 0.25) is 0 Å². The predicted octanol–water partition coefficient (Wildman–Crippen LogP) is 5.28. The van der Waals surface area contributed by atoms with E-state index >= 15 is 4.39 Å². The maximum absolute atomic E-state index is 15.1. The number of hydrogen-bond acceptors (Lipinski definition) is 4. The molecule has 1 aromatic heterocycles. The third kappa shape index (κ3) is 4.26. The number of aryl methyl sites for hydroxylation is 1. The Morgan fingerprint density at radius 1 is 1.11 bits per heavy atom. The molecule has 1 aliphatic heterocycles. The fraction of sp³-hybridized carbons (Fsp3) is 0.250. The summed E-state index contributed by atoms with van der Waals surface area (Å²) in [6, 6.07) is 14.8. The van der Waals surface area contributed by atoms with Crippen LogP contribution in [0.4, 0.5) is 4.39 Å². The summed E-state index contributed by atoms with van der Waals surface area (Å²) >= 11 is 0. The summed E-state index contributed by atoms with van der Waals surface area (Å²) in [4.78, 5) is 18.0. The first-order valence-corrected chi connectivity index (χ1v) is 13.7. The van der Waals surface area contributed by atoms with E-state index in [4.69, 9.17) is 4.74 Å². The number of benzene rings is 3. The molecule has 0 atom stereocenters. The average Bonchev–Trinajstić information content (AvgIpc) is 3.08. The standard InChI is InChI=1S/C28H27FN2O4S/c1-4-21-22(7-10-26(27(21)29)36(3,33)34)28(32)31-11-12-35-25-9-6-18(13-20(25)16-31)19-5-8-24-23(14-19)17(2)15-30-24/h5-10,13-15,30H,4,11-12,16H2,1-3H3. The Labute approximate surface area is 209 Å². The van der Waals surface area contributed by atoms with E-state index in [2.05, 4.69) is 30.1 Å². The fourth-order valence-electron chi connectivity index (χ4n) is 4.79. The van der Waals surface area contributed by atoms with Gasteiger partial charge in [0.25, 0.3) is 5.91 Å². The van der Waals surface area contributed by atoms with E-state index in [1.807, 2.05) is 24.4 Å². The number of rotatable bonds is 4. The van der Waals surface area contributed by atoms with Crippen LogP contribution in [0, 0.1) is 12.7 Å². The molecule has 8 heteroatoms. The van der Waals surface area contributed by atoms with Gasteiger partial charge in [-0.05, 0) is 66.4 Å². The minimum absolute atomic E-state index is 0.109. The topological polar surface area (TPSA) is 79.5 Å².